The van der Waals surface area contributed by atoms with Gasteiger partial charge in [-0.05, 0) is 25.5 Å². The van der Waals surface area contributed by atoms with Gasteiger partial charge in [-0.1, -0.05) is 18.2 Å². The number of hydrogen-bond acceptors (Lipinski definition) is 4. The number of para-hydroxylation sites is 1. The molecule has 1 atom stereocenters. The SMILES string of the molecule is CCNC(=NCC1CN2CCN1CC2)N(C)CCOc1ccccc1C.I. The van der Waals surface area contributed by atoms with Crippen LogP contribution < -0.4 is 10.1 Å². The molecule has 1 N–H and O–H groups in total. The minimum Gasteiger partial charge on any atom is -0.491 e. The van der Waals surface area contributed by atoms with Gasteiger partial charge in [0.15, 0.2) is 5.96 Å². The van der Waals surface area contributed by atoms with E-state index in [1.807, 2.05) is 18.2 Å². The maximum Gasteiger partial charge on any atom is 0.193 e. The van der Waals surface area contributed by atoms with Crippen molar-refractivity contribution in [2.75, 3.05) is 66.0 Å². The smallest absolute Gasteiger partial charge is 0.193 e. The summed E-state index contributed by atoms with van der Waals surface area (Å²) in [5.41, 5.74) is 1.17. The summed E-state index contributed by atoms with van der Waals surface area (Å²) in [6.07, 6.45) is 0. The highest BCUT2D eigenvalue weighted by molar-refractivity contribution is 14.0. The predicted octanol–water partition coefficient (Wildman–Crippen LogP) is 1.89. The molecule has 4 rings (SSSR count). The Hall–Kier alpha value is -1.06. The maximum absolute atomic E-state index is 5.93. The zero-order chi connectivity index (χ0) is 18.4. The van der Waals surface area contributed by atoms with Crippen LogP contribution in [0.1, 0.15) is 12.5 Å². The van der Waals surface area contributed by atoms with Crippen molar-refractivity contribution in [3.8, 4) is 5.75 Å². The first-order valence-electron chi connectivity index (χ1n) is 9.81. The number of piperazine rings is 3. The maximum atomic E-state index is 5.93. The fourth-order valence-corrected chi connectivity index (χ4v) is 3.68. The Bertz CT molecular complexity index is 604. The van der Waals surface area contributed by atoms with Gasteiger partial charge in [-0.3, -0.25) is 14.8 Å². The molecule has 2 bridgehead atoms. The van der Waals surface area contributed by atoms with Gasteiger partial charge in [0.2, 0.25) is 0 Å². The van der Waals surface area contributed by atoms with Crippen LogP contribution in [0.2, 0.25) is 0 Å². The third-order valence-corrected chi connectivity index (χ3v) is 5.32. The molecule has 27 heavy (non-hydrogen) atoms. The Morgan fingerprint density at radius 3 is 2.63 bits per heavy atom. The van der Waals surface area contributed by atoms with Crippen molar-refractivity contribution in [1.29, 1.82) is 0 Å². The number of halogens is 1. The van der Waals surface area contributed by atoms with Crippen molar-refractivity contribution in [2.24, 2.45) is 4.99 Å². The average Bonchev–Trinajstić information content (AvgIpc) is 2.67. The number of nitrogens with zero attached hydrogens (tertiary/aromatic N) is 4. The van der Waals surface area contributed by atoms with Gasteiger partial charge in [0.1, 0.15) is 12.4 Å². The van der Waals surface area contributed by atoms with Gasteiger partial charge >= 0.3 is 0 Å². The number of guanidine groups is 1. The second kappa shape index (κ2) is 11.1. The summed E-state index contributed by atoms with van der Waals surface area (Å²) in [7, 11) is 2.08. The van der Waals surface area contributed by atoms with E-state index in [9.17, 15) is 0 Å². The number of fused-ring (bicyclic) bond motifs is 3. The molecule has 3 aliphatic heterocycles. The average molecular weight is 487 g/mol. The van der Waals surface area contributed by atoms with Crippen molar-refractivity contribution in [3.63, 3.8) is 0 Å². The lowest BCUT2D eigenvalue weighted by atomic mass is 10.1. The summed E-state index contributed by atoms with van der Waals surface area (Å²) in [6.45, 7) is 13.4. The molecular formula is C20H34IN5O. The first-order chi connectivity index (χ1) is 12.7. The van der Waals surface area contributed by atoms with Crippen LogP contribution in [0.15, 0.2) is 29.3 Å². The summed E-state index contributed by atoms with van der Waals surface area (Å²) in [5.74, 6) is 1.93. The standard InChI is InChI=1S/C20H33N5O.HI/c1-4-21-20(22-15-18-16-24-9-11-25(18)12-10-24)23(3)13-14-26-19-8-6-5-7-17(19)2;/h5-8,18H,4,9-16H2,1-3H3,(H,21,22);1H. The zero-order valence-corrected chi connectivity index (χ0v) is 19.2. The molecular weight excluding hydrogens is 453 g/mol. The zero-order valence-electron chi connectivity index (χ0n) is 16.9. The summed E-state index contributed by atoms with van der Waals surface area (Å²) < 4.78 is 5.93. The van der Waals surface area contributed by atoms with Gasteiger partial charge < -0.3 is 15.0 Å². The van der Waals surface area contributed by atoms with Crippen LogP contribution in [0.4, 0.5) is 0 Å². The minimum absolute atomic E-state index is 0. The minimum atomic E-state index is 0. The van der Waals surface area contributed by atoms with E-state index < -0.39 is 0 Å². The number of aliphatic imine (C=N–C) groups is 1. The number of ether oxygens (including phenoxy) is 1. The summed E-state index contributed by atoms with van der Waals surface area (Å²) >= 11 is 0. The molecule has 1 unspecified atom stereocenters. The van der Waals surface area contributed by atoms with Crippen molar-refractivity contribution < 1.29 is 4.74 Å². The van der Waals surface area contributed by atoms with Gasteiger partial charge in [0, 0.05) is 52.4 Å². The molecule has 3 heterocycles. The monoisotopic (exact) mass is 487 g/mol. The molecule has 0 spiro atoms. The van der Waals surface area contributed by atoms with Crippen LogP contribution in [0.5, 0.6) is 5.75 Å². The molecule has 1 aromatic carbocycles. The van der Waals surface area contributed by atoms with Gasteiger partial charge in [-0.15, -0.1) is 24.0 Å². The van der Waals surface area contributed by atoms with Gasteiger partial charge in [0.25, 0.3) is 0 Å². The summed E-state index contributed by atoms with van der Waals surface area (Å²) in [5, 5.41) is 3.41. The lowest BCUT2D eigenvalue weighted by molar-refractivity contribution is 0.0173. The number of hydrogen-bond donors (Lipinski definition) is 1. The highest BCUT2D eigenvalue weighted by atomic mass is 127. The molecule has 3 aliphatic rings. The second-order valence-electron chi connectivity index (χ2n) is 7.22. The third kappa shape index (κ3) is 6.22. The van der Waals surface area contributed by atoms with Crippen LogP contribution in [0.3, 0.4) is 0 Å². The molecule has 3 fully saturated rings. The fraction of sp³-hybridized carbons (Fsp3) is 0.650. The van der Waals surface area contributed by atoms with Crippen molar-refractivity contribution in [3.05, 3.63) is 29.8 Å². The number of benzene rings is 1. The van der Waals surface area contributed by atoms with Crippen molar-refractivity contribution >= 4 is 29.9 Å². The molecule has 0 radical (unpaired) electrons. The molecule has 0 saturated carbocycles. The van der Waals surface area contributed by atoms with Gasteiger partial charge in [-0.2, -0.15) is 0 Å². The highest BCUT2D eigenvalue weighted by Crippen LogP contribution is 2.16. The summed E-state index contributed by atoms with van der Waals surface area (Å²) in [6, 6.07) is 8.71. The molecule has 3 saturated heterocycles. The van der Waals surface area contributed by atoms with E-state index in [0.29, 0.717) is 12.6 Å². The molecule has 152 valence electrons. The lowest BCUT2D eigenvalue weighted by Crippen LogP contribution is -2.62. The molecule has 6 nitrogen and oxygen atoms in total. The molecule has 1 aromatic rings. The number of likely N-dealkylation sites (N-methyl/N-ethyl adjacent to an activating group) is 1. The van der Waals surface area contributed by atoms with Crippen molar-refractivity contribution in [1.82, 2.24) is 20.0 Å². The van der Waals surface area contributed by atoms with E-state index in [1.54, 1.807) is 0 Å². The Morgan fingerprint density at radius 2 is 2.00 bits per heavy atom. The van der Waals surface area contributed by atoms with E-state index in [1.165, 1.54) is 31.7 Å². The first-order valence-corrected chi connectivity index (χ1v) is 9.81. The van der Waals surface area contributed by atoms with Crippen LogP contribution in [-0.4, -0.2) is 92.7 Å². The topological polar surface area (TPSA) is 43.3 Å². The Labute approximate surface area is 181 Å². The fourth-order valence-electron chi connectivity index (χ4n) is 3.68. The number of nitrogens with one attached hydrogen (secondary N) is 1. The first kappa shape index (κ1) is 22.2. The largest absolute Gasteiger partial charge is 0.491 e. The normalized spacial score (nSPS) is 24.3. The lowest BCUT2D eigenvalue weighted by Gasteiger charge is -2.47. The summed E-state index contributed by atoms with van der Waals surface area (Å²) in [4.78, 5) is 12.2. The van der Waals surface area contributed by atoms with E-state index in [0.717, 1.165) is 37.9 Å². The Kier molecular flexibility index (Phi) is 9.11. The molecule has 0 amide bonds. The van der Waals surface area contributed by atoms with Crippen LogP contribution in [0.25, 0.3) is 0 Å². The predicted molar refractivity (Wildman–Crippen MR) is 122 cm³/mol. The molecule has 0 aromatic heterocycles. The second-order valence-corrected chi connectivity index (χ2v) is 7.22. The van der Waals surface area contributed by atoms with Gasteiger partial charge in [0.05, 0.1) is 13.1 Å². The van der Waals surface area contributed by atoms with Crippen LogP contribution in [0, 0.1) is 6.92 Å². The molecule has 7 heteroatoms. The van der Waals surface area contributed by atoms with Gasteiger partial charge in [-0.25, -0.2) is 0 Å². The number of aryl methyl sites for hydroxylation is 1. The molecule has 0 aliphatic carbocycles. The third-order valence-electron chi connectivity index (χ3n) is 5.32. The van der Waals surface area contributed by atoms with Crippen LogP contribution >= 0.6 is 24.0 Å². The quantitative estimate of drug-likeness (QED) is 0.362. The van der Waals surface area contributed by atoms with Crippen LogP contribution in [-0.2, 0) is 0 Å². The van der Waals surface area contributed by atoms with Crippen molar-refractivity contribution in [2.45, 2.75) is 19.9 Å². The van der Waals surface area contributed by atoms with E-state index in [-0.39, 0.29) is 24.0 Å². The van der Waals surface area contributed by atoms with E-state index in [2.05, 4.69) is 47.0 Å². The number of rotatable bonds is 7. The Balaban J connectivity index is 0.00000261. The van der Waals surface area contributed by atoms with E-state index in [4.69, 9.17) is 9.73 Å². The van der Waals surface area contributed by atoms with E-state index >= 15 is 0 Å². The highest BCUT2D eigenvalue weighted by Gasteiger charge is 2.31. The Morgan fingerprint density at radius 1 is 1.26 bits per heavy atom.